The summed E-state index contributed by atoms with van der Waals surface area (Å²) in [6, 6.07) is 0. The van der Waals surface area contributed by atoms with Gasteiger partial charge in [-0.2, -0.15) is 0 Å². The van der Waals surface area contributed by atoms with Crippen LogP contribution in [0.2, 0.25) is 0 Å². The molecule has 0 saturated heterocycles. The fraction of sp³-hybridized carbons (Fsp3) is 0.636. The molecule has 0 aromatic rings. The van der Waals surface area contributed by atoms with Crippen molar-refractivity contribution in [1.29, 1.82) is 0 Å². The second-order valence-electron chi connectivity index (χ2n) is 0.987. The molecule has 0 radical (unpaired) electrons. The molecule has 0 aromatic carbocycles. The van der Waals surface area contributed by atoms with Crippen molar-refractivity contribution in [2.24, 2.45) is 0 Å². The Morgan fingerprint density at radius 1 is 1.00 bits per heavy atom. The van der Waals surface area contributed by atoms with Crippen LogP contribution in [-0.2, 0) is 0 Å². The van der Waals surface area contributed by atoms with Gasteiger partial charge >= 0.3 is 0 Å². The Bertz CT molecular complexity index is 65.4. The van der Waals surface area contributed by atoms with Crippen LogP contribution in [0, 0.1) is 0 Å². The highest BCUT2D eigenvalue weighted by Crippen LogP contribution is 2.10. The molecule has 0 rings (SSSR count). The molecule has 0 amide bonds. The fourth-order valence-electron chi connectivity index (χ4n) is 0.142. The summed E-state index contributed by atoms with van der Waals surface area (Å²) in [4.78, 5) is 1.09. The van der Waals surface area contributed by atoms with Crippen LogP contribution < -0.4 is 0 Å². The maximum Gasteiger partial charge on any atom is -0.0211 e. The lowest BCUT2D eigenvalue weighted by atomic mass is 10.8. The van der Waals surface area contributed by atoms with Gasteiger partial charge in [0, 0.05) is 0 Å². The van der Waals surface area contributed by atoms with E-state index in [-0.39, 0.29) is 0 Å². The first kappa shape index (κ1) is 22.6. The van der Waals surface area contributed by atoms with Crippen molar-refractivity contribution in [2.45, 2.75) is 48.5 Å². The first-order valence-electron chi connectivity index (χ1n) is 4.70. The van der Waals surface area contributed by atoms with E-state index in [4.69, 9.17) is 0 Å². The van der Waals surface area contributed by atoms with Gasteiger partial charge in [0.1, 0.15) is 0 Å². The van der Waals surface area contributed by atoms with E-state index in [2.05, 4.69) is 13.2 Å². The third-order valence-corrected chi connectivity index (χ3v) is 0.854. The molecular formula is C11H26S. The first-order valence-corrected chi connectivity index (χ1v) is 5.58. The van der Waals surface area contributed by atoms with Gasteiger partial charge in [0.25, 0.3) is 0 Å². The lowest BCUT2D eigenvalue weighted by Gasteiger charge is -1.82. The maximum absolute atomic E-state index is 3.64. The van der Waals surface area contributed by atoms with Crippen LogP contribution in [0.25, 0.3) is 0 Å². The van der Waals surface area contributed by atoms with Crippen molar-refractivity contribution in [2.75, 3.05) is 0 Å². The number of rotatable bonds is 2. The number of allylic oxidation sites excluding steroid dienone is 1. The minimum Gasteiger partial charge on any atom is -0.104 e. The Balaban J connectivity index is -0.0000000453. The Hall–Kier alpha value is -0.170. The van der Waals surface area contributed by atoms with Crippen molar-refractivity contribution in [1.82, 2.24) is 0 Å². The Labute approximate surface area is 84.2 Å². The summed E-state index contributed by atoms with van der Waals surface area (Å²) in [5.41, 5.74) is 0. The van der Waals surface area contributed by atoms with Crippen LogP contribution in [0.3, 0.4) is 0 Å². The molecular weight excluding hydrogens is 164 g/mol. The monoisotopic (exact) mass is 190 g/mol. The quantitative estimate of drug-likeness (QED) is 0.556. The van der Waals surface area contributed by atoms with E-state index in [0.717, 1.165) is 4.91 Å². The number of hydrogen-bond acceptors (Lipinski definition) is 1. The lowest BCUT2D eigenvalue weighted by Crippen LogP contribution is -1.48. The molecule has 0 nitrogen and oxygen atoms in total. The summed E-state index contributed by atoms with van der Waals surface area (Å²) >= 11 is 1.56. The normalized spacial score (nSPS) is 5.25. The molecule has 1 heteroatoms. The van der Waals surface area contributed by atoms with Gasteiger partial charge in [-0.25, -0.2) is 0 Å². The highest BCUT2D eigenvalue weighted by molar-refractivity contribution is 8.05. The molecule has 12 heavy (non-hydrogen) atoms. The van der Waals surface area contributed by atoms with Gasteiger partial charge in [0.15, 0.2) is 0 Å². The second kappa shape index (κ2) is 44.9. The summed E-state index contributed by atoms with van der Waals surface area (Å²) in [7, 11) is 0. The molecule has 0 aliphatic carbocycles. The molecule has 0 bridgehead atoms. The maximum atomic E-state index is 3.64. The second-order valence-corrected chi connectivity index (χ2v) is 2.25. The molecule has 0 spiro atoms. The predicted molar refractivity (Wildman–Crippen MR) is 66.6 cm³/mol. The van der Waals surface area contributed by atoms with E-state index in [9.17, 15) is 0 Å². The van der Waals surface area contributed by atoms with E-state index in [1.807, 2.05) is 48.5 Å². The fourth-order valence-corrected chi connectivity index (χ4v) is 0.427. The largest absolute Gasteiger partial charge is 0.104 e. The van der Waals surface area contributed by atoms with Crippen molar-refractivity contribution >= 4 is 11.8 Å². The Morgan fingerprint density at radius 3 is 1.25 bits per heavy atom. The molecule has 0 atom stereocenters. The molecule has 0 aliphatic rings. The number of hydrogen-bond donors (Lipinski definition) is 0. The van der Waals surface area contributed by atoms with Gasteiger partial charge < -0.3 is 0 Å². The molecule has 76 valence electrons. The lowest BCUT2D eigenvalue weighted by molar-refractivity contribution is 1.50. The van der Waals surface area contributed by atoms with Crippen LogP contribution in [0.15, 0.2) is 23.5 Å². The van der Waals surface area contributed by atoms with E-state index < -0.39 is 0 Å². The van der Waals surface area contributed by atoms with Gasteiger partial charge in [0.05, 0.1) is 0 Å². The van der Waals surface area contributed by atoms with Crippen LogP contribution in [0.4, 0.5) is 0 Å². The van der Waals surface area contributed by atoms with Gasteiger partial charge in [-0.15, -0.1) is 11.8 Å². The van der Waals surface area contributed by atoms with Gasteiger partial charge in [-0.05, 0) is 17.2 Å². The van der Waals surface area contributed by atoms with E-state index in [0.29, 0.717) is 0 Å². The topological polar surface area (TPSA) is 0 Å². The van der Waals surface area contributed by atoms with Gasteiger partial charge in [-0.3, -0.25) is 0 Å². The number of thioether (sulfide) groups is 1. The highest BCUT2D eigenvalue weighted by atomic mass is 32.2. The van der Waals surface area contributed by atoms with Crippen molar-refractivity contribution in [3.63, 3.8) is 0 Å². The molecule has 0 N–H and O–H groups in total. The molecule has 0 aromatic heterocycles. The average molecular weight is 190 g/mol. The third kappa shape index (κ3) is 95.7. The van der Waals surface area contributed by atoms with Crippen LogP contribution >= 0.6 is 11.8 Å². The van der Waals surface area contributed by atoms with E-state index >= 15 is 0 Å². The molecule has 0 fully saturated rings. The smallest absolute Gasteiger partial charge is 0.0211 e. The summed E-state index contributed by atoms with van der Waals surface area (Å²) in [6.45, 7) is 21.1. The van der Waals surface area contributed by atoms with E-state index in [1.165, 1.54) is 0 Å². The Morgan fingerprint density at radius 2 is 1.25 bits per heavy atom. The predicted octanol–water partition coefficient (Wildman–Crippen LogP) is 5.48. The summed E-state index contributed by atoms with van der Waals surface area (Å²) < 4.78 is 0. The van der Waals surface area contributed by atoms with Gasteiger partial charge in [0.2, 0.25) is 0 Å². The summed E-state index contributed by atoms with van der Waals surface area (Å²) in [5.74, 6) is 0. The standard InChI is InChI=1S/C5H8S.3C2H6/c1-4-6-5(2)3;3*1-2/h4H,1-2H2,3H3;3*1-2H3. The molecule has 0 unspecified atom stereocenters. The summed E-state index contributed by atoms with van der Waals surface area (Å²) in [5, 5.41) is 1.77. The van der Waals surface area contributed by atoms with Crippen molar-refractivity contribution in [3.05, 3.63) is 23.5 Å². The Kier molecular flexibility index (Phi) is 84.6. The van der Waals surface area contributed by atoms with Gasteiger partial charge in [-0.1, -0.05) is 54.7 Å². The van der Waals surface area contributed by atoms with Crippen LogP contribution in [-0.4, -0.2) is 0 Å². The summed E-state index contributed by atoms with van der Waals surface area (Å²) in [6.07, 6.45) is 0. The highest BCUT2D eigenvalue weighted by Gasteiger charge is 1.71. The minimum atomic E-state index is 1.09. The minimum absolute atomic E-state index is 1.09. The first-order chi connectivity index (χ1) is 5.77. The van der Waals surface area contributed by atoms with Crippen molar-refractivity contribution in [3.8, 4) is 0 Å². The third-order valence-electron chi connectivity index (χ3n) is 0.285. The zero-order valence-electron chi connectivity index (χ0n) is 9.90. The van der Waals surface area contributed by atoms with Crippen LogP contribution in [0.5, 0.6) is 0 Å². The van der Waals surface area contributed by atoms with E-state index in [1.54, 1.807) is 17.2 Å². The average Bonchev–Trinajstić information content (AvgIpc) is 2.14. The molecule has 0 saturated carbocycles. The zero-order chi connectivity index (χ0) is 11.0. The molecule has 0 heterocycles. The zero-order valence-corrected chi connectivity index (χ0v) is 10.7. The van der Waals surface area contributed by atoms with Crippen molar-refractivity contribution < 1.29 is 0 Å². The molecule has 0 aliphatic heterocycles. The SMILES string of the molecule is C=CSC(=C)C.CC.CC.CC. The van der Waals surface area contributed by atoms with Crippen LogP contribution in [0.1, 0.15) is 48.5 Å².